The summed E-state index contributed by atoms with van der Waals surface area (Å²) in [4.78, 5) is 28.1. The van der Waals surface area contributed by atoms with E-state index >= 15 is 0 Å². The van der Waals surface area contributed by atoms with Crippen molar-refractivity contribution in [3.63, 3.8) is 0 Å². The monoisotopic (exact) mass is 453 g/mol. The molecule has 3 rings (SSSR count). The van der Waals surface area contributed by atoms with Gasteiger partial charge in [-0.2, -0.15) is 4.31 Å². The third kappa shape index (κ3) is 4.79. The number of carbonyl (C=O) groups is 2. The molecule has 1 saturated heterocycles. The lowest BCUT2D eigenvalue weighted by Gasteiger charge is -2.47. The summed E-state index contributed by atoms with van der Waals surface area (Å²) in [6.07, 6.45) is 6.00. The Morgan fingerprint density at radius 1 is 1.16 bits per heavy atom. The molecule has 2 fully saturated rings. The van der Waals surface area contributed by atoms with Gasteiger partial charge in [-0.25, -0.2) is 8.42 Å². The molecule has 1 aromatic rings. The van der Waals surface area contributed by atoms with Crippen molar-refractivity contribution in [1.29, 1.82) is 0 Å². The van der Waals surface area contributed by atoms with Crippen LogP contribution >= 0.6 is 0 Å². The van der Waals surface area contributed by atoms with Crippen molar-refractivity contribution >= 4 is 27.5 Å². The van der Waals surface area contributed by atoms with Crippen molar-refractivity contribution in [3.05, 3.63) is 18.2 Å². The molecule has 1 aromatic carbocycles. The van der Waals surface area contributed by atoms with Gasteiger partial charge in [0.05, 0.1) is 32.7 Å². The number of benzene rings is 1. The highest BCUT2D eigenvalue weighted by atomic mass is 32.2. The third-order valence-corrected chi connectivity index (χ3v) is 7.26. The molecule has 1 aliphatic heterocycles. The molecule has 2 aliphatic rings. The largest absolute Gasteiger partial charge is 0.497 e. The van der Waals surface area contributed by atoms with Gasteiger partial charge in [0, 0.05) is 18.7 Å². The molecule has 0 spiro atoms. The van der Waals surface area contributed by atoms with Gasteiger partial charge in [0.2, 0.25) is 21.8 Å². The predicted molar refractivity (Wildman–Crippen MR) is 117 cm³/mol. The number of rotatable bonds is 6. The molecule has 0 bridgehead atoms. The first-order chi connectivity index (χ1) is 14.6. The van der Waals surface area contributed by atoms with Crippen molar-refractivity contribution in [1.82, 2.24) is 9.62 Å². The number of amides is 2. The molecule has 1 N–H and O–H groups in total. The van der Waals surface area contributed by atoms with Crippen molar-refractivity contribution in [2.45, 2.75) is 50.6 Å². The highest BCUT2D eigenvalue weighted by Crippen LogP contribution is 2.38. The number of methoxy groups -OCH3 is 2. The van der Waals surface area contributed by atoms with E-state index in [4.69, 9.17) is 9.47 Å². The molecule has 31 heavy (non-hydrogen) atoms. The van der Waals surface area contributed by atoms with Crippen molar-refractivity contribution in [2.75, 3.05) is 38.5 Å². The number of piperazine rings is 1. The molecule has 172 valence electrons. The summed E-state index contributed by atoms with van der Waals surface area (Å²) in [6.45, 7) is 1.11. The van der Waals surface area contributed by atoms with Gasteiger partial charge in [0.15, 0.2) is 0 Å². The molecule has 1 aliphatic carbocycles. The average molecular weight is 454 g/mol. The van der Waals surface area contributed by atoms with Gasteiger partial charge in [-0.3, -0.25) is 14.5 Å². The van der Waals surface area contributed by atoms with Gasteiger partial charge in [-0.1, -0.05) is 19.3 Å². The van der Waals surface area contributed by atoms with Gasteiger partial charge in [0.1, 0.15) is 17.0 Å². The number of sulfonamides is 1. The van der Waals surface area contributed by atoms with E-state index in [1.165, 1.54) is 19.1 Å². The van der Waals surface area contributed by atoms with Gasteiger partial charge in [0.25, 0.3) is 0 Å². The maximum atomic E-state index is 13.5. The summed E-state index contributed by atoms with van der Waals surface area (Å²) in [6, 6.07) is 4.97. The summed E-state index contributed by atoms with van der Waals surface area (Å²) < 4.78 is 36.3. The molecule has 1 heterocycles. The van der Waals surface area contributed by atoms with E-state index in [9.17, 15) is 18.0 Å². The third-order valence-electron chi connectivity index (χ3n) is 6.07. The molecule has 0 radical (unpaired) electrons. The summed E-state index contributed by atoms with van der Waals surface area (Å²) in [7, 11) is -0.687. The van der Waals surface area contributed by atoms with Crippen molar-refractivity contribution in [3.8, 4) is 11.5 Å². The molecular formula is C21H31N3O6S. The molecule has 0 aromatic heterocycles. The number of hydrogen-bond donors (Lipinski definition) is 1. The highest BCUT2D eigenvalue weighted by Gasteiger charge is 2.51. The smallest absolute Gasteiger partial charge is 0.247 e. The molecule has 9 nitrogen and oxygen atoms in total. The fourth-order valence-electron chi connectivity index (χ4n) is 4.33. The minimum Gasteiger partial charge on any atom is -0.497 e. The van der Waals surface area contributed by atoms with Crippen LogP contribution < -0.4 is 19.7 Å². The van der Waals surface area contributed by atoms with Gasteiger partial charge < -0.3 is 14.8 Å². The Balaban J connectivity index is 2.04. The van der Waals surface area contributed by atoms with Crippen LogP contribution in [0.4, 0.5) is 5.69 Å². The van der Waals surface area contributed by atoms with Gasteiger partial charge in [-0.15, -0.1) is 0 Å². The standard InChI is InChI=1S/C21H31N3O6S/c1-21(20(26)22-15-8-6-5-7-9-15)14-23(31(4,27)28)13-19(25)24(21)17-11-10-16(29-2)12-18(17)30-3/h10-12,15H,5-9,13-14H2,1-4H3,(H,22,26). The fraction of sp³-hybridized carbons (Fsp3) is 0.619. The second-order valence-corrected chi connectivity index (χ2v) is 10.4. The molecule has 1 atom stereocenters. The maximum Gasteiger partial charge on any atom is 0.247 e. The van der Waals surface area contributed by atoms with Crippen LogP contribution in [0.5, 0.6) is 11.5 Å². The molecule has 1 saturated carbocycles. The zero-order valence-electron chi connectivity index (χ0n) is 18.5. The van der Waals surface area contributed by atoms with Crippen LogP contribution in [0.2, 0.25) is 0 Å². The zero-order chi connectivity index (χ0) is 22.8. The molecule has 10 heteroatoms. The summed E-state index contributed by atoms with van der Waals surface area (Å²) in [5.74, 6) is 0.0220. The van der Waals surface area contributed by atoms with E-state index in [0.29, 0.717) is 17.2 Å². The normalized spacial score (nSPS) is 23.5. The first-order valence-electron chi connectivity index (χ1n) is 10.4. The van der Waals surface area contributed by atoms with Crippen molar-refractivity contribution in [2.24, 2.45) is 0 Å². The number of carbonyl (C=O) groups excluding carboxylic acids is 2. The van der Waals surface area contributed by atoms with Crippen LogP contribution in [0.3, 0.4) is 0 Å². The number of anilines is 1. The topological polar surface area (TPSA) is 105 Å². The number of nitrogens with one attached hydrogen (secondary N) is 1. The Labute approximate surface area is 183 Å². The number of ether oxygens (including phenoxy) is 2. The van der Waals surface area contributed by atoms with E-state index in [-0.39, 0.29) is 25.0 Å². The van der Waals surface area contributed by atoms with Gasteiger partial charge in [-0.05, 0) is 31.9 Å². The fourth-order valence-corrected chi connectivity index (χ4v) is 5.16. The Morgan fingerprint density at radius 2 is 1.84 bits per heavy atom. The molecular weight excluding hydrogens is 422 g/mol. The van der Waals surface area contributed by atoms with Crippen LogP contribution in [0.15, 0.2) is 18.2 Å². The van der Waals surface area contributed by atoms with Crippen molar-refractivity contribution < 1.29 is 27.5 Å². The second-order valence-electron chi connectivity index (χ2n) is 8.38. The van der Waals surface area contributed by atoms with Crippen LogP contribution in [-0.4, -0.2) is 69.7 Å². The predicted octanol–water partition coefficient (Wildman–Crippen LogP) is 1.52. The van der Waals surface area contributed by atoms with Crippen LogP contribution in [0, 0.1) is 0 Å². The Morgan fingerprint density at radius 3 is 2.42 bits per heavy atom. The number of nitrogens with zero attached hydrogens (tertiary/aromatic N) is 2. The molecule has 2 amide bonds. The SMILES string of the molecule is COc1ccc(N2C(=O)CN(S(C)(=O)=O)CC2(C)C(=O)NC2CCCCC2)c(OC)c1. The van der Waals surface area contributed by atoms with E-state index in [2.05, 4.69) is 5.32 Å². The van der Waals surface area contributed by atoms with Crippen LogP contribution in [0.25, 0.3) is 0 Å². The zero-order valence-corrected chi connectivity index (χ0v) is 19.3. The molecule has 1 unspecified atom stereocenters. The second kappa shape index (κ2) is 9.04. The van der Waals surface area contributed by atoms with Crippen LogP contribution in [0.1, 0.15) is 39.0 Å². The number of hydrogen-bond acceptors (Lipinski definition) is 6. The lowest BCUT2D eigenvalue weighted by molar-refractivity contribution is -0.133. The summed E-state index contributed by atoms with van der Waals surface area (Å²) in [5.41, 5.74) is -1.06. The van der Waals surface area contributed by atoms with E-state index in [0.717, 1.165) is 42.7 Å². The van der Waals surface area contributed by atoms with Crippen LogP contribution in [-0.2, 0) is 19.6 Å². The Bertz CT molecular complexity index is 944. The summed E-state index contributed by atoms with van der Waals surface area (Å²) in [5, 5.41) is 3.06. The minimum atomic E-state index is -3.67. The summed E-state index contributed by atoms with van der Waals surface area (Å²) >= 11 is 0. The lowest BCUT2D eigenvalue weighted by Crippen LogP contribution is -2.70. The van der Waals surface area contributed by atoms with E-state index < -0.39 is 21.5 Å². The highest BCUT2D eigenvalue weighted by molar-refractivity contribution is 7.88. The Kier molecular flexibility index (Phi) is 6.80. The Hall–Kier alpha value is -2.33. The minimum absolute atomic E-state index is 0.0152. The maximum absolute atomic E-state index is 13.5. The first kappa shape index (κ1) is 23.3. The quantitative estimate of drug-likeness (QED) is 0.700. The average Bonchev–Trinajstić information content (AvgIpc) is 2.73. The first-order valence-corrected chi connectivity index (χ1v) is 12.3. The van der Waals surface area contributed by atoms with Gasteiger partial charge >= 0.3 is 0 Å². The lowest BCUT2D eigenvalue weighted by atomic mass is 9.91. The van der Waals surface area contributed by atoms with E-state index in [1.54, 1.807) is 25.1 Å². The van der Waals surface area contributed by atoms with E-state index in [1.807, 2.05) is 0 Å².